The number of hydrogen-bond donors (Lipinski definition) is 0. The van der Waals surface area contributed by atoms with Crippen molar-refractivity contribution >= 4 is 23.2 Å². The van der Waals surface area contributed by atoms with Gasteiger partial charge in [0.1, 0.15) is 5.75 Å². The van der Waals surface area contributed by atoms with Gasteiger partial charge in [0.2, 0.25) is 5.88 Å². The van der Waals surface area contributed by atoms with Gasteiger partial charge in [0.25, 0.3) is 0 Å². The normalized spacial score (nSPS) is 11.0. The summed E-state index contributed by atoms with van der Waals surface area (Å²) < 4.78 is 5.90. The highest BCUT2D eigenvalue weighted by Gasteiger charge is 2.09. The first-order chi connectivity index (χ1) is 9.90. The third kappa shape index (κ3) is 3.90. The first kappa shape index (κ1) is 16.1. The average molecular weight is 324 g/mol. The second-order valence-electron chi connectivity index (χ2n) is 5.50. The van der Waals surface area contributed by atoms with Crippen LogP contribution in [0.5, 0.6) is 11.6 Å². The van der Waals surface area contributed by atoms with Gasteiger partial charge in [-0.15, -0.1) is 11.6 Å². The second-order valence-corrected chi connectivity index (χ2v) is 6.15. The molecule has 2 aromatic rings. The molecule has 2 rings (SSSR count). The molecule has 0 spiro atoms. The number of aromatic nitrogens is 1. The maximum absolute atomic E-state index is 6.18. The van der Waals surface area contributed by atoms with Crippen LogP contribution in [0.25, 0.3) is 0 Å². The molecule has 0 aliphatic heterocycles. The lowest BCUT2D eigenvalue weighted by Gasteiger charge is -2.12. The molecule has 1 aromatic heterocycles. The van der Waals surface area contributed by atoms with Crippen molar-refractivity contribution in [2.45, 2.75) is 39.5 Å². The van der Waals surface area contributed by atoms with Crippen molar-refractivity contribution in [1.29, 1.82) is 0 Å². The fraction of sp³-hybridized carbons (Fsp3) is 0.353. The van der Waals surface area contributed by atoms with E-state index in [-0.39, 0.29) is 0 Å². The van der Waals surface area contributed by atoms with Crippen LogP contribution < -0.4 is 4.74 Å². The monoisotopic (exact) mass is 323 g/mol. The molecule has 0 N–H and O–H groups in total. The van der Waals surface area contributed by atoms with Crippen molar-refractivity contribution in [3.05, 3.63) is 51.7 Å². The van der Waals surface area contributed by atoms with Gasteiger partial charge in [-0.3, -0.25) is 0 Å². The lowest BCUT2D eigenvalue weighted by Crippen LogP contribution is -1.98. The molecular formula is C17H19Cl2NO. The molecule has 0 aliphatic carbocycles. The van der Waals surface area contributed by atoms with Gasteiger partial charge >= 0.3 is 0 Å². The minimum Gasteiger partial charge on any atom is -0.439 e. The third-order valence-corrected chi connectivity index (χ3v) is 4.16. The summed E-state index contributed by atoms with van der Waals surface area (Å²) in [6, 6.07) is 7.72. The first-order valence-corrected chi connectivity index (χ1v) is 7.83. The Labute approximate surface area is 136 Å². The molecule has 4 heteroatoms. The lowest BCUT2D eigenvalue weighted by atomic mass is 10.1. The van der Waals surface area contributed by atoms with Crippen molar-refractivity contribution in [3.8, 4) is 11.6 Å². The SMILES string of the molecule is Cc1cc(Oc2cc(CCl)cc(C(C)C)n2)cc(C)c1Cl. The minimum atomic E-state index is 0.323. The van der Waals surface area contributed by atoms with E-state index in [2.05, 4.69) is 18.8 Å². The number of alkyl halides is 1. The molecule has 0 saturated carbocycles. The molecule has 1 heterocycles. The number of aryl methyl sites for hydroxylation is 2. The second kappa shape index (κ2) is 6.67. The molecule has 0 atom stereocenters. The number of rotatable bonds is 4. The van der Waals surface area contributed by atoms with E-state index in [1.54, 1.807) is 0 Å². The fourth-order valence-corrected chi connectivity index (χ4v) is 2.36. The molecule has 0 saturated heterocycles. The van der Waals surface area contributed by atoms with Crippen LogP contribution in [-0.2, 0) is 5.88 Å². The van der Waals surface area contributed by atoms with Crippen molar-refractivity contribution in [2.75, 3.05) is 0 Å². The first-order valence-electron chi connectivity index (χ1n) is 6.92. The predicted molar refractivity (Wildman–Crippen MR) is 88.9 cm³/mol. The number of nitrogens with zero attached hydrogens (tertiary/aromatic N) is 1. The molecule has 112 valence electrons. The maximum atomic E-state index is 6.18. The molecule has 21 heavy (non-hydrogen) atoms. The Morgan fingerprint density at radius 3 is 2.24 bits per heavy atom. The average Bonchev–Trinajstić information content (AvgIpc) is 2.44. The Bertz CT molecular complexity index is 630. The van der Waals surface area contributed by atoms with E-state index in [0.717, 1.165) is 33.2 Å². The molecule has 0 unspecified atom stereocenters. The number of benzene rings is 1. The van der Waals surface area contributed by atoms with Crippen molar-refractivity contribution < 1.29 is 4.74 Å². The Kier molecular flexibility index (Phi) is 5.13. The van der Waals surface area contributed by atoms with Crippen LogP contribution in [0, 0.1) is 13.8 Å². The highest BCUT2D eigenvalue weighted by Crippen LogP contribution is 2.29. The van der Waals surface area contributed by atoms with E-state index in [0.29, 0.717) is 17.7 Å². The third-order valence-electron chi connectivity index (χ3n) is 3.26. The molecule has 0 aliphatic rings. The summed E-state index contributed by atoms with van der Waals surface area (Å²) in [6.07, 6.45) is 0. The van der Waals surface area contributed by atoms with Gasteiger partial charge in [0, 0.05) is 22.7 Å². The zero-order chi connectivity index (χ0) is 15.6. The van der Waals surface area contributed by atoms with Gasteiger partial charge in [-0.2, -0.15) is 0 Å². The summed E-state index contributed by atoms with van der Waals surface area (Å²) >= 11 is 12.1. The quantitative estimate of drug-likeness (QED) is 0.643. The summed E-state index contributed by atoms with van der Waals surface area (Å²) in [4.78, 5) is 4.54. The molecule has 0 bridgehead atoms. The Hall–Kier alpha value is -1.25. The molecule has 0 fully saturated rings. The van der Waals surface area contributed by atoms with Crippen LogP contribution in [-0.4, -0.2) is 4.98 Å². The van der Waals surface area contributed by atoms with E-state index in [1.165, 1.54) is 0 Å². The zero-order valence-electron chi connectivity index (χ0n) is 12.7. The maximum Gasteiger partial charge on any atom is 0.219 e. The number of pyridine rings is 1. The van der Waals surface area contributed by atoms with E-state index in [1.807, 2.05) is 38.1 Å². The number of halogens is 2. The highest BCUT2D eigenvalue weighted by molar-refractivity contribution is 6.32. The lowest BCUT2D eigenvalue weighted by molar-refractivity contribution is 0.458. The Morgan fingerprint density at radius 1 is 1.10 bits per heavy atom. The van der Waals surface area contributed by atoms with Gasteiger partial charge in [-0.05, 0) is 54.7 Å². The molecule has 1 aromatic carbocycles. The smallest absolute Gasteiger partial charge is 0.219 e. The van der Waals surface area contributed by atoms with E-state index >= 15 is 0 Å². The zero-order valence-corrected chi connectivity index (χ0v) is 14.2. The van der Waals surface area contributed by atoms with Crippen molar-refractivity contribution in [2.24, 2.45) is 0 Å². The molecule has 0 amide bonds. The molecule has 0 radical (unpaired) electrons. The van der Waals surface area contributed by atoms with Gasteiger partial charge in [-0.25, -0.2) is 4.98 Å². The van der Waals surface area contributed by atoms with Crippen LogP contribution >= 0.6 is 23.2 Å². The predicted octanol–water partition coefficient (Wildman–Crippen LogP) is 6.01. The van der Waals surface area contributed by atoms with Gasteiger partial charge < -0.3 is 4.74 Å². The van der Waals surface area contributed by atoms with Gasteiger partial charge in [-0.1, -0.05) is 25.4 Å². The summed E-state index contributed by atoms with van der Waals surface area (Å²) in [5.41, 5.74) is 3.96. The van der Waals surface area contributed by atoms with Crippen LogP contribution in [0.1, 0.15) is 42.1 Å². The Balaban J connectivity index is 2.37. The van der Waals surface area contributed by atoms with Gasteiger partial charge in [0.15, 0.2) is 0 Å². The summed E-state index contributed by atoms with van der Waals surface area (Å²) in [7, 11) is 0. The van der Waals surface area contributed by atoms with Crippen molar-refractivity contribution in [3.63, 3.8) is 0 Å². The number of hydrogen-bond acceptors (Lipinski definition) is 2. The van der Waals surface area contributed by atoms with E-state index in [9.17, 15) is 0 Å². The van der Waals surface area contributed by atoms with Crippen LogP contribution in [0.3, 0.4) is 0 Å². The standard InChI is InChI=1S/C17H19Cl2NO/c1-10(2)15-7-13(9-18)8-16(20-15)21-14-5-11(3)17(19)12(4)6-14/h5-8,10H,9H2,1-4H3. The summed E-state index contributed by atoms with van der Waals surface area (Å²) in [5.74, 6) is 2.07. The van der Waals surface area contributed by atoms with Crippen LogP contribution in [0.15, 0.2) is 24.3 Å². The summed E-state index contributed by atoms with van der Waals surface area (Å²) in [6.45, 7) is 8.12. The topological polar surface area (TPSA) is 22.1 Å². The van der Waals surface area contributed by atoms with Crippen LogP contribution in [0.2, 0.25) is 5.02 Å². The largest absolute Gasteiger partial charge is 0.439 e. The van der Waals surface area contributed by atoms with Crippen LogP contribution in [0.4, 0.5) is 0 Å². The van der Waals surface area contributed by atoms with E-state index in [4.69, 9.17) is 27.9 Å². The summed E-state index contributed by atoms with van der Waals surface area (Å²) in [5, 5.41) is 0.771. The number of ether oxygens (including phenoxy) is 1. The van der Waals surface area contributed by atoms with Gasteiger partial charge in [0.05, 0.1) is 0 Å². The highest BCUT2D eigenvalue weighted by atomic mass is 35.5. The van der Waals surface area contributed by atoms with Crippen molar-refractivity contribution in [1.82, 2.24) is 4.98 Å². The van der Waals surface area contributed by atoms with E-state index < -0.39 is 0 Å². The molecule has 2 nitrogen and oxygen atoms in total. The fourth-order valence-electron chi connectivity index (χ4n) is 2.09. The minimum absolute atomic E-state index is 0.323. The Morgan fingerprint density at radius 2 is 1.71 bits per heavy atom. The molecular weight excluding hydrogens is 305 g/mol.